The van der Waals surface area contributed by atoms with E-state index in [-0.39, 0.29) is 18.4 Å². The van der Waals surface area contributed by atoms with Crippen molar-refractivity contribution in [3.05, 3.63) is 53.5 Å². The van der Waals surface area contributed by atoms with Crippen molar-refractivity contribution in [2.75, 3.05) is 5.32 Å². The largest absolute Gasteiger partial charge is 0.467 e. The van der Waals surface area contributed by atoms with Crippen molar-refractivity contribution in [1.82, 2.24) is 5.32 Å². The Morgan fingerprint density at radius 3 is 2.43 bits per heavy atom. The van der Waals surface area contributed by atoms with Gasteiger partial charge in [0.05, 0.1) is 12.8 Å². The second kappa shape index (κ2) is 6.69. The maximum atomic E-state index is 12.4. The van der Waals surface area contributed by atoms with Crippen LogP contribution >= 0.6 is 0 Å². The number of hydrogen-bond acceptors (Lipinski definition) is 3. The van der Waals surface area contributed by atoms with Gasteiger partial charge in [0.15, 0.2) is 0 Å². The molecule has 1 aromatic heterocycles. The summed E-state index contributed by atoms with van der Waals surface area (Å²) in [6.07, 6.45) is 1.54. The van der Waals surface area contributed by atoms with E-state index in [4.69, 9.17) is 4.42 Å². The third kappa shape index (κ3) is 4.00. The summed E-state index contributed by atoms with van der Waals surface area (Å²) in [4.78, 5) is 24.7. The van der Waals surface area contributed by atoms with Crippen LogP contribution in [-0.4, -0.2) is 11.8 Å². The van der Waals surface area contributed by atoms with Gasteiger partial charge in [-0.3, -0.25) is 9.59 Å². The summed E-state index contributed by atoms with van der Waals surface area (Å²) in [6.45, 7) is 7.44. The monoisotopic (exact) mass is 314 g/mol. The normalized spacial score (nSPS) is 11.1. The molecule has 0 aliphatic carbocycles. The summed E-state index contributed by atoms with van der Waals surface area (Å²) in [5, 5.41) is 5.52. The minimum absolute atomic E-state index is 0.256. The van der Waals surface area contributed by atoms with E-state index in [1.807, 2.05) is 32.0 Å². The highest BCUT2D eigenvalue weighted by Gasteiger charge is 2.36. The fourth-order valence-electron chi connectivity index (χ4n) is 2.01. The van der Waals surface area contributed by atoms with E-state index in [0.717, 1.165) is 11.1 Å². The lowest BCUT2D eigenvalue weighted by Gasteiger charge is -2.22. The van der Waals surface area contributed by atoms with Crippen LogP contribution in [0, 0.1) is 19.3 Å². The summed E-state index contributed by atoms with van der Waals surface area (Å²) in [5.74, 6) is -0.0587. The number of carbonyl (C=O) groups excluding carboxylic acids is 2. The first-order chi connectivity index (χ1) is 10.8. The van der Waals surface area contributed by atoms with Gasteiger partial charge >= 0.3 is 0 Å². The second-order valence-electron chi connectivity index (χ2n) is 6.14. The van der Waals surface area contributed by atoms with Crippen LogP contribution in [-0.2, 0) is 16.1 Å². The van der Waals surface area contributed by atoms with Crippen LogP contribution in [0.25, 0.3) is 0 Å². The van der Waals surface area contributed by atoms with Crippen LogP contribution in [0.1, 0.15) is 30.7 Å². The van der Waals surface area contributed by atoms with Crippen molar-refractivity contribution in [2.24, 2.45) is 5.41 Å². The minimum Gasteiger partial charge on any atom is -0.467 e. The van der Waals surface area contributed by atoms with Crippen LogP contribution in [0.5, 0.6) is 0 Å². The number of benzene rings is 1. The lowest BCUT2D eigenvalue weighted by Crippen LogP contribution is -2.44. The number of anilines is 1. The number of rotatable bonds is 5. The van der Waals surface area contributed by atoms with E-state index in [1.165, 1.54) is 0 Å². The van der Waals surface area contributed by atoms with E-state index in [0.29, 0.717) is 11.4 Å². The molecule has 0 atom stereocenters. The number of furan rings is 1. The molecule has 2 N–H and O–H groups in total. The highest BCUT2D eigenvalue weighted by molar-refractivity contribution is 6.09. The van der Waals surface area contributed by atoms with Crippen molar-refractivity contribution in [3.63, 3.8) is 0 Å². The van der Waals surface area contributed by atoms with Gasteiger partial charge in [0.2, 0.25) is 11.8 Å². The Balaban J connectivity index is 2.00. The van der Waals surface area contributed by atoms with Gasteiger partial charge in [0, 0.05) is 5.69 Å². The molecule has 0 saturated carbocycles. The van der Waals surface area contributed by atoms with Gasteiger partial charge in [-0.1, -0.05) is 6.07 Å². The van der Waals surface area contributed by atoms with Gasteiger partial charge in [-0.05, 0) is 63.1 Å². The molecule has 0 aliphatic heterocycles. The molecule has 0 radical (unpaired) electrons. The van der Waals surface area contributed by atoms with Gasteiger partial charge in [-0.25, -0.2) is 0 Å². The molecule has 0 spiro atoms. The summed E-state index contributed by atoms with van der Waals surface area (Å²) in [7, 11) is 0. The van der Waals surface area contributed by atoms with Crippen molar-refractivity contribution in [1.29, 1.82) is 0 Å². The molecule has 2 rings (SSSR count). The van der Waals surface area contributed by atoms with E-state index in [2.05, 4.69) is 10.6 Å². The second-order valence-corrected chi connectivity index (χ2v) is 6.14. The topological polar surface area (TPSA) is 71.3 Å². The number of aryl methyl sites for hydroxylation is 2. The fourth-order valence-corrected chi connectivity index (χ4v) is 2.01. The average molecular weight is 314 g/mol. The van der Waals surface area contributed by atoms with Gasteiger partial charge in [-0.15, -0.1) is 0 Å². The van der Waals surface area contributed by atoms with E-state index in [1.54, 1.807) is 32.2 Å². The van der Waals surface area contributed by atoms with Crippen LogP contribution < -0.4 is 10.6 Å². The van der Waals surface area contributed by atoms with E-state index in [9.17, 15) is 9.59 Å². The predicted molar refractivity (Wildman–Crippen MR) is 88.9 cm³/mol. The molecule has 0 saturated heterocycles. The summed E-state index contributed by atoms with van der Waals surface area (Å²) < 4.78 is 5.16. The van der Waals surface area contributed by atoms with Gasteiger partial charge < -0.3 is 15.1 Å². The van der Waals surface area contributed by atoms with Crippen molar-refractivity contribution >= 4 is 17.5 Å². The lowest BCUT2D eigenvalue weighted by molar-refractivity contribution is -0.138. The first-order valence-corrected chi connectivity index (χ1v) is 7.50. The molecule has 0 unspecified atom stereocenters. The standard InChI is InChI=1S/C18H22N2O3/c1-12-7-8-14(10-13(12)2)20-17(22)18(3,4)16(21)19-11-15-6-5-9-23-15/h5-10H,11H2,1-4H3,(H,19,21)(H,20,22). The maximum Gasteiger partial charge on any atom is 0.239 e. The zero-order valence-electron chi connectivity index (χ0n) is 13.9. The molecule has 23 heavy (non-hydrogen) atoms. The SMILES string of the molecule is Cc1ccc(NC(=O)C(C)(C)C(=O)NCc2ccco2)cc1C. The highest BCUT2D eigenvalue weighted by Crippen LogP contribution is 2.21. The molecular formula is C18H22N2O3. The Morgan fingerprint density at radius 2 is 1.83 bits per heavy atom. The average Bonchev–Trinajstić information content (AvgIpc) is 3.01. The van der Waals surface area contributed by atoms with Crippen LogP contribution in [0.15, 0.2) is 41.0 Å². The predicted octanol–water partition coefficient (Wildman–Crippen LogP) is 3.18. The molecule has 0 fully saturated rings. The third-order valence-electron chi connectivity index (χ3n) is 3.90. The zero-order chi connectivity index (χ0) is 17.0. The van der Waals surface area contributed by atoms with E-state index >= 15 is 0 Å². The lowest BCUT2D eigenvalue weighted by atomic mass is 9.91. The maximum absolute atomic E-state index is 12.4. The molecule has 2 amide bonds. The van der Waals surface area contributed by atoms with Gasteiger partial charge in [0.1, 0.15) is 11.2 Å². The molecule has 122 valence electrons. The molecule has 5 nitrogen and oxygen atoms in total. The number of amides is 2. The van der Waals surface area contributed by atoms with Crippen molar-refractivity contribution in [3.8, 4) is 0 Å². The first kappa shape index (κ1) is 16.8. The first-order valence-electron chi connectivity index (χ1n) is 7.50. The number of carbonyl (C=O) groups is 2. The minimum atomic E-state index is -1.19. The van der Waals surface area contributed by atoms with E-state index < -0.39 is 5.41 Å². The van der Waals surface area contributed by atoms with Crippen LogP contribution in [0.4, 0.5) is 5.69 Å². The summed E-state index contributed by atoms with van der Waals surface area (Å²) >= 11 is 0. The number of hydrogen-bond donors (Lipinski definition) is 2. The molecule has 5 heteroatoms. The fraction of sp³-hybridized carbons (Fsp3) is 0.333. The Kier molecular flexibility index (Phi) is 4.89. The molecule has 2 aromatic rings. The van der Waals surface area contributed by atoms with Gasteiger partial charge in [0.25, 0.3) is 0 Å². The third-order valence-corrected chi connectivity index (χ3v) is 3.90. The highest BCUT2D eigenvalue weighted by atomic mass is 16.3. The van der Waals surface area contributed by atoms with Crippen LogP contribution in [0.3, 0.4) is 0 Å². The molecular weight excluding hydrogens is 292 g/mol. The Hall–Kier alpha value is -2.56. The summed E-state index contributed by atoms with van der Waals surface area (Å²) in [5.41, 5.74) is 1.73. The number of nitrogens with one attached hydrogen (secondary N) is 2. The van der Waals surface area contributed by atoms with Crippen LogP contribution in [0.2, 0.25) is 0 Å². The molecule has 0 aliphatic rings. The summed E-state index contributed by atoms with van der Waals surface area (Å²) in [6, 6.07) is 9.18. The van der Waals surface area contributed by atoms with Gasteiger partial charge in [-0.2, -0.15) is 0 Å². The Morgan fingerprint density at radius 1 is 1.09 bits per heavy atom. The Labute approximate surface area is 136 Å². The Bertz CT molecular complexity index is 703. The molecule has 0 bridgehead atoms. The smallest absolute Gasteiger partial charge is 0.239 e. The zero-order valence-corrected chi connectivity index (χ0v) is 13.9. The van der Waals surface area contributed by atoms with Crippen molar-refractivity contribution < 1.29 is 14.0 Å². The molecule has 1 aromatic carbocycles. The quantitative estimate of drug-likeness (QED) is 0.833. The molecule has 1 heterocycles. The van der Waals surface area contributed by atoms with Crippen molar-refractivity contribution in [2.45, 2.75) is 34.2 Å².